The van der Waals surface area contributed by atoms with Crippen molar-refractivity contribution in [2.75, 3.05) is 56.6 Å². The van der Waals surface area contributed by atoms with Gasteiger partial charge in [0.2, 0.25) is 5.95 Å². The third-order valence-corrected chi connectivity index (χ3v) is 4.08. The maximum absolute atomic E-state index is 4.76. The molecule has 0 saturated carbocycles. The fraction of sp³-hybridized carbons (Fsp3) is 0.643. The number of anilines is 2. The first-order valence-electron chi connectivity index (χ1n) is 7.44. The third kappa shape index (κ3) is 2.53. The molecule has 0 aliphatic carbocycles. The highest BCUT2D eigenvalue weighted by Crippen LogP contribution is 2.26. The van der Waals surface area contributed by atoms with Crippen molar-refractivity contribution in [3.63, 3.8) is 0 Å². The van der Waals surface area contributed by atoms with E-state index >= 15 is 0 Å². The second kappa shape index (κ2) is 5.48. The van der Waals surface area contributed by atoms with Gasteiger partial charge in [-0.05, 0) is 6.54 Å². The van der Waals surface area contributed by atoms with Crippen molar-refractivity contribution in [1.29, 1.82) is 0 Å². The van der Waals surface area contributed by atoms with Crippen LogP contribution >= 0.6 is 0 Å². The van der Waals surface area contributed by atoms with Crippen LogP contribution in [0.5, 0.6) is 0 Å². The number of hydrogen-bond donors (Lipinski definition) is 0. The summed E-state index contributed by atoms with van der Waals surface area (Å²) in [4.78, 5) is 16.1. The van der Waals surface area contributed by atoms with Gasteiger partial charge in [0.1, 0.15) is 5.82 Å². The van der Waals surface area contributed by atoms with Crippen LogP contribution in [0, 0.1) is 0 Å². The molecule has 1 aliphatic heterocycles. The van der Waals surface area contributed by atoms with Crippen LogP contribution < -0.4 is 9.80 Å². The largest absolute Gasteiger partial charge is 0.353 e. The van der Waals surface area contributed by atoms with Gasteiger partial charge >= 0.3 is 0 Å². The van der Waals surface area contributed by atoms with Gasteiger partial charge in [0.25, 0.3) is 0 Å². The molecule has 7 heteroatoms. The summed E-state index contributed by atoms with van der Waals surface area (Å²) in [6, 6.07) is 0. The Kier molecular flexibility index (Phi) is 3.67. The van der Waals surface area contributed by atoms with Crippen molar-refractivity contribution in [2.24, 2.45) is 7.05 Å². The van der Waals surface area contributed by atoms with Crippen molar-refractivity contribution in [3.8, 4) is 0 Å². The van der Waals surface area contributed by atoms with Crippen LogP contribution in [0.15, 0.2) is 6.20 Å². The number of hydrogen-bond acceptors (Lipinski definition) is 6. The fourth-order valence-corrected chi connectivity index (χ4v) is 2.71. The first kappa shape index (κ1) is 14.1. The normalized spacial score (nSPS) is 16.7. The number of aryl methyl sites for hydroxylation is 1. The smallest absolute Gasteiger partial charge is 0.228 e. The van der Waals surface area contributed by atoms with Crippen molar-refractivity contribution in [1.82, 2.24) is 24.6 Å². The minimum atomic E-state index is 0.735. The summed E-state index contributed by atoms with van der Waals surface area (Å²) in [7, 11) is 5.86. The Morgan fingerprint density at radius 2 is 1.86 bits per heavy atom. The number of fused-ring (bicyclic) bond motifs is 1. The van der Waals surface area contributed by atoms with E-state index in [9.17, 15) is 0 Å². The molecular weight excluding hydrogens is 266 g/mol. The van der Waals surface area contributed by atoms with Crippen LogP contribution in [0.2, 0.25) is 0 Å². The van der Waals surface area contributed by atoms with Gasteiger partial charge in [-0.3, -0.25) is 4.68 Å². The summed E-state index contributed by atoms with van der Waals surface area (Å²) in [5, 5.41) is 5.38. The van der Waals surface area contributed by atoms with Crippen LogP contribution in [-0.2, 0) is 7.05 Å². The molecule has 0 atom stereocenters. The van der Waals surface area contributed by atoms with Gasteiger partial charge in [-0.2, -0.15) is 15.1 Å². The van der Waals surface area contributed by atoms with Crippen LogP contribution in [-0.4, -0.2) is 71.5 Å². The Hall–Kier alpha value is -1.89. The van der Waals surface area contributed by atoms with Gasteiger partial charge in [0, 0.05) is 47.3 Å². The maximum atomic E-state index is 4.76. The first-order valence-corrected chi connectivity index (χ1v) is 7.44. The number of likely N-dealkylation sites (N-methyl/N-ethyl adjacent to an activating group) is 1. The summed E-state index contributed by atoms with van der Waals surface area (Å²) in [5.41, 5.74) is 0.890. The lowest BCUT2D eigenvalue weighted by Gasteiger charge is -2.35. The van der Waals surface area contributed by atoms with E-state index in [4.69, 9.17) is 4.98 Å². The molecule has 0 amide bonds. The Morgan fingerprint density at radius 1 is 1.14 bits per heavy atom. The molecule has 0 spiro atoms. The van der Waals surface area contributed by atoms with Gasteiger partial charge < -0.3 is 14.7 Å². The lowest BCUT2D eigenvalue weighted by molar-refractivity contribution is 0.271. The molecule has 1 fully saturated rings. The van der Waals surface area contributed by atoms with E-state index in [-0.39, 0.29) is 0 Å². The van der Waals surface area contributed by atoms with E-state index in [2.05, 4.69) is 26.8 Å². The highest BCUT2D eigenvalue weighted by atomic mass is 15.3. The zero-order chi connectivity index (χ0) is 15.0. The molecule has 3 heterocycles. The Bertz CT molecular complexity index is 626. The van der Waals surface area contributed by atoms with Gasteiger partial charge in [-0.1, -0.05) is 6.92 Å². The summed E-state index contributed by atoms with van der Waals surface area (Å²) < 4.78 is 1.82. The van der Waals surface area contributed by atoms with Gasteiger partial charge in [0.15, 0.2) is 5.65 Å². The highest BCUT2D eigenvalue weighted by Gasteiger charge is 2.21. The van der Waals surface area contributed by atoms with Crippen molar-refractivity contribution < 1.29 is 0 Å². The summed E-state index contributed by atoms with van der Waals surface area (Å²) >= 11 is 0. The summed E-state index contributed by atoms with van der Waals surface area (Å²) in [6.07, 6.45) is 1.87. The number of aromatic nitrogens is 4. The fourth-order valence-electron chi connectivity index (χ4n) is 2.71. The van der Waals surface area contributed by atoms with Crippen LogP contribution in [0.1, 0.15) is 6.92 Å². The molecule has 1 saturated heterocycles. The maximum Gasteiger partial charge on any atom is 0.228 e. The van der Waals surface area contributed by atoms with E-state index in [0.717, 1.165) is 55.5 Å². The lowest BCUT2D eigenvalue weighted by atomic mass is 10.3. The van der Waals surface area contributed by atoms with E-state index in [1.807, 2.05) is 36.9 Å². The molecule has 0 aromatic carbocycles. The van der Waals surface area contributed by atoms with Crippen LogP contribution in [0.25, 0.3) is 11.0 Å². The average molecular weight is 289 g/mol. The van der Waals surface area contributed by atoms with Gasteiger partial charge in [0.05, 0.1) is 11.6 Å². The zero-order valence-corrected chi connectivity index (χ0v) is 13.2. The molecule has 0 bridgehead atoms. The quantitative estimate of drug-likeness (QED) is 0.823. The van der Waals surface area contributed by atoms with Crippen molar-refractivity contribution >= 4 is 22.8 Å². The SMILES string of the molecule is CCN1CCN(c2nc(N(C)C)nc3c2cnn3C)CC1. The highest BCUT2D eigenvalue weighted by molar-refractivity contribution is 5.88. The van der Waals surface area contributed by atoms with E-state index in [0.29, 0.717) is 0 Å². The average Bonchev–Trinajstić information content (AvgIpc) is 2.88. The standard InChI is InChI=1S/C14H23N7/c1-5-20-6-8-21(9-7-20)13-11-10-15-19(4)12(11)16-14(17-13)18(2)3/h10H,5-9H2,1-4H3. The molecule has 21 heavy (non-hydrogen) atoms. The molecular formula is C14H23N7. The Balaban J connectivity index is 2.01. The Labute approximate surface area is 125 Å². The molecule has 0 radical (unpaired) electrons. The second-order valence-corrected chi connectivity index (χ2v) is 5.67. The Morgan fingerprint density at radius 3 is 2.48 bits per heavy atom. The van der Waals surface area contributed by atoms with Gasteiger partial charge in [-0.25, -0.2) is 0 Å². The summed E-state index contributed by atoms with van der Waals surface area (Å²) in [5.74, 6) is 1.74. The third-order valence-electron chi connectivity index (χ3n) is 4.08. The van der Waals surface area contributed by atoms with Crippen molar-refractivity contribution in [2.45, 2.75) is 6.92 Å². The molecule has 7 nitrogen and oxygen atoms in total. The molecule has 3 rings (SSSR count). The van der Waals surface area contributed by atoms with E-state index in [1.165, 1.54) is 0 Å². The topological polar surface area (TPSA) is 53.3 Å². The van der Waals surface area contributed by atoms with E-state index in [1.54, 1.807) is 0 Å². The predicted octanol–water partition coefficient (Wildman–Crippen LogP) is 0.571. The number of nitrogens with zero attached hydrogens (tertiary/aromatic N) is 7. The molecule has 114 valence electrons. The van der Waals surface area contributed by atoms with Gasteiger partial charge in [-0.15, -0.1) is 0 Å². The van der Waals surface area contributed by atoms with Crippen molar-refractivity contribution in [3.05, 3.63) is 6.20 Å². The lowest BCUT2D eigenvalue weighted by Crippen LogP contribution is -2.46. The molecule has 2 aromatic heterocycles. The number of piperazine rings is 1. The monoisotopic (exact) mass is 289 g/mol. The molecule has 2 aromatic rings. The van der Waals surface area contributed by atoms with Crippen LogP contribution in [0.3, 0.4) is 0 Å². The van der Waals surface area contributed by atoms with E-state index < -0.39 is 0 Å². The molecule has 0 unspecified atom stereocenters. The zero-order valence-electron chi connectivity index (χ0n) is 13.2. The predicted molar refractivity (Wildman–Crippen MR) is 85.0 cm³/mol. The summed E-state index contributed by atoms with van der Waals surface area (Å²) in [6.45, 7) is 7.50. The minimum Gasteiger partial charge on any atom is -0.353 e. The molecule has 1 aliphatic rings. The second-order valence-electron chi connectivity index (χ2n) is 5.67. The number of rotatable bonds is 3. The molecule has 0 N–H and O–H groups in total. The minimum absolute atomic E-state index is 0.735. The first-order chi connectivity index (χ1) is 10.1. The van der Waals surface area contributed by atoms with Crippen LogP contribution in [0.4, 0.5) is 11.8 Å².